The van der Waals surface area contributed by atoms with Gasteiger partial charge in [-0.2, -0.15) is 0 Å². The molecule has 8 nitrogen and oxygen atoms in total. The van der Waals surface area contributed by atoms with E-state index in [0.29, 0.717) is 5.56 Å². The summed E-state index contributed by atoms with van der Waals surface area (Å²) in [7, 11) is 1.43. The van der Waals surface area contributed by atoms with Crippen molar-refractivity contribution in [3.05, 3.63) is 39.4 Å². The third-order valence-electron chi connectivity index (χ3n) is 3.33. The van der Waals surface area contributed by atoms with Crippen molar-refractivity contribution in [3.8, 4) is 0 Å². The molecule has 1 aromatic rings. The molecular weight excluding hydrogens is 304 g/mol. The van der Waals surface area contributed by atoms with Crippen LogP contribution in [0.2, 0.25) is 0 Å². The van der Waals surface area contributed by atoms with E-state index in [0.717, 1.165) is 0 Å². The van der Waals surface area contributed by atoms with Gasteiger partial charge in [0.1, 0.15) is 6.04 Å². The second-order valence-electron chi connectivity index (χ2n) is 5.33. The monoisotopic (exact) mass is 324 g/mol. The number of hydrogen-bond donors (Lipinski definition) is 2. The zero-order valence-electron chi connectivity index (χ0n) is 13.2. The number of nitrogens with one attached hydrogen (secondary N) is 1. The molecule has 0 aliphatic heterocycles. The van der Waals surface area contributed by atoms with E-state index in [9.17, 15) is 19.7 Å². The molecule has 0 radical (unpaired) electrons. The van der Waals surface area contributed by atoms with E-state index in [4.69, 9.17) is 9.84 Å². The minimum Gasteiger partial charge on any atom is -0.480 e. The third-order valence-corrected chi connectivity index (χ3v) is 3.33. The highest BCUT2D eigenvalue weighted by atomic mass is 16.6. The number of rotatable bonds is 8. The Balaban J connectivity index is 3.01. The maximum Gasteiger partial charge on any atom is 0.326 e. The lowest BCUT2D eigenvalue weighted by Gasteiger charge is -2.14. The SMILES string of the molecule is COCCC(NC(=O)c1ccc(C(C)C)c([N+](=O)[O-])c1)C(=O)O. The molecule has 0 fully saturated rings. The van der Waals surface area contributed by atoms with Crippen LogP contribution in [0.15, 0.2) is 18.2 Å². The smallest absolute Gasteiger partial charge is 0.326 e. The van der Waals surface area contributed by atoms with Crippen molar-refractivity contribution in [2.75, 3.05) is 13.7 Å². The Kier molecular flexibility index (Phi) is 6.65. The molecule has 1 atom stereocenters. The van der Waals surface area contributed by atoms with Gasteiger partial charge in [0.25, 0.3) is 11.6 Å². The summed E-state index contributed by atoms with van der Waals surface area (Å²) in [5.74, 6) is -1.93. The van der Waals surface area contributed by atoms with Gasteiger partial charge in [-0.25, -0.2) is 4.79 Å². The van der Waals surface area contributed by atoms with Crippen LogP contribution in [-0.2, 0) is 9.53 Å². The molecule has 0 heterocycles. The number of nitrogens with zero attached hydrogens (tertiary/aromatic N) is 1. The van der Waals surface area contributed by atoms with Crippen LogP contribution in [0.25, 0.3) is 0 Å². The number of carbonyl (C=O) groups is 2. The molecule has 0 saturated heterocycles. The lowest BCUT2D eigenvalue weighted by atomic mass is 9.99. The van der Waals surface area contributed by atoms with E-state index >= 15 is 0 Å². The van der Waals surface area contributed by atoms with Crippen LogP contribution in [0.5, 0.6) is 0 Å². The van der Waals surface area contributed by atoms with Crippen molar-refractivity contribution in [3.63, 3.8) is 0 Å². The summed E-state index contributed by atoms with van der Waals surface area (Å²) in [6.07, 6.45) is 0.101. The highest BCUT2D eigenvalue weighted by Gasteiger charge is 2.23. The van der Waals surface area contributed by atoms with E-state index in [1.165, 1.54) is 25.3 Å². The fourth-order valence-electron chi connectivity index (χ4n) is 2.07. The zero-order chi connectivity index (χ0) is 17.6. The molecule has 0 aliphatic carbocycles. The Labute approximate surface area is 133 Å². The molecule has 0 bridgehead atoms. The number of aliphatic carboxylic acids is 1. The minimum absolute atomic E-state index is 0.0461. The molecule has 1 amide bonds. The van der Waals surface area contributed by atoms with Crippen LogP contribution in [0.4, 0.5) is 5.69 Å². The van der Waals surface area contributed by atoms with E-state index in [-0.39, 0.29) is 30.2 Å². The molecule has 126 valence electrons. The van der Waals surface area contributed by atoms with Gasteiger partial charge in [0, 0.05) is 37.3 Å². The summed E-state index contributed by atoms with van der Waals surface area (Å²) in [6.45, 7) is 3.80. The number of carbonyl (C=O) groups excluding carboxylic acids is 1. The molecule has 8 heteroatoms. The Bertz CT molecular complexity index is 600. The summed E-state index contributed by atoms with van der Waals surface area (Å²) >= 11 is 0. The topological polar surface area (TPSA) is 119 Å². The van der Waals surface area contributed by atoms with E-state index in [2.05, 4.69) is 5.32 Å². The van der Waals surface area contributed by atoms with Crippen LogP contribution >= 0.6 is 0 Å². The summed E-state index contributed by atoms with van der Waals surface area (Å²) in [5.41, 5.74) is 0.405. The predicted molar refractivity (Wildman–Crippen MR) is 82.6 cm³/mol. The fraction of sp³-hybridized carbons (Fsp3) is 0.467. The first kappa shape index (κ1) is 18.6. The molecule has 0 aliphatic rings. The van der Waals surface area contributed by atoms with Crippen LogP contribution < -0.4 is 5.32 Å². The largest absolute Gasteiger partial charge is 0.480 e. The number of nitro benzene ring substituents is 1. The van der Waals surface area contributed by atoms with Crippen molar-refractivity contribution < 1.29 is 24.4 Å². The number of amides is 1. The Morgan fingerprint density at radius 1 is 1.39 bits per heavy atom. The molecular formula is C15H20N2O6. The number of benzene rings is 1. The van der Waals surface area contributed by atoms with Gasteiger partial charge in [-0.3, -0.25) is 14.9 Å². The van der Waals surface area contributed by atoms with Crippen molar-refractivity contribution >= 4 is 17.6 Å². The van der Waals surface area contributed by atoms with E-state index < -0.39 is 22.8 Å². The summed E-state index contributed by atoms with van der Waals surface area (Å²) in [6, 6.07) is 3.02. The lowest BCUT2D eigenvalue weighted by Crippen LogP contribution is -2.41. The van der Waals surface area contributed by atoms with Crippen molar-refractivity contribution in [2.45, 2.75) is 32.2 Å². The van der Waals surface area contributed by atoms with Gasteiger partial charge in [-0.1, -0.05) is 19.9 Å². The van der Waals surface area contributed by atoms with Gasteiger partial charge in [-0.15, -0.1) is 0 Å². The quantitative estimate of drug-likeness (QED) is 0.557. The number of nitro groups is 1. The first-order valence-corrected chi connectivity index (χ1v) is 7.08. The number of carboxylic acid groups (broad SMARTS) is 1. The van der Waals surface area contributed by atoms with Gasteiger partial charge >= 0.3 is 5.97 Å². The highest BCUT2D eigenvalue weighted by Crippen LogP contribution is 2.27. The molecule has 0 saturated carbocycles. The average molecular weight is 324 g/mol. The molecule has 0 aromatic heterocycles. The Hall–Kier alpha value is -2.48. The van der Waals surface area contributed by atoms with E-state index in [1.807, 2.05) is 13.8 Å². The van der Waals surface area contributed by atoms with Crippen LogP contribution in [0.3, 0.4) is 0 Å². The molecule has 23 heavy (non-hydrogen) atoms. The van der Waals surface area contributed by atoms with Crippen LogP contribution in [0.1, 0.15) is 42.1 Å². The second-order valence-corrected chi connectivity index (χ2v) is 5.33. The maximum absolute atomic E-state index is 12.1. The number of carboxylic acids is 1. The van der Waals surface area contributed by atoms with Crippen LogP contribution in [0, 0.1) is 10.1 Å². The Morgan fingerprint density at radius 3 is 2.52 bits per heavy atom. The van der Waals surface area contributed by atoms with Gasteiger partial charge in [0.2, 0.25) is 0 Å². The summed E-state index contributed by atoms with van der Waals surface area (Å²) in [5, 5.41) is 22.6. The number of ether oxygens (including phenoxy) is 1. The maximum atomic E-state index is 12.1. The second kappa shape index (κ2) is 8.23. The molecule has 0 spiro atoms. The van der Waals surface area contributed by atoms with Crippen molar-refractivity contribution in [1.29, 1.82) is 0 Å². The van der Waals surface area contributed by atoms with Crippen molar-refractivity contribution in [2.24, 2.45) is 0 Å². The summed E-state index contributed by atoms with van der Waals surface area (Å²) in [4.78, 5) is 33.8. The van der Waals surface area contributed by atoms with Gasteiger partial charge in [-0.05, 0) is 12.0 Å². The molecule has 2 N–H and O–H groups in total. The normalized spacial score (nSPS) is 12.0. The van der Waals surface area contributed by atoms with Gasteiger partial charge in [0.15, 0.2) is 0 Å². The number of hydrogen-bond acceptors (Lipinski definition) is 5. The average Bonchev–Trinajstić information content (AvgIpc) is 2.49. The molecule has 1 aromatic carbocycles. The summed E-state index contributed by atoms with van der Waals surface area (Å²) < 4.78 is 4.80. The molecule has 1 rings (SSSR count). The third kappa shape index (κ3) is 5.03. The first-order chi connectivity index (χ1) is 10.8. The van der Waals surface area contributed by atoms with Crippen LogP contribution in [-0.4, -0.2) is 41.7 Å². The predicted octanol–water partition coefficient (Wildman–Crippen LogP) is 1.94. The fourth-order valence-corrected chi connectivity index (χ4v) is 2.07. The minimum atomic E-state index is -1.19. The lowest BCUT2D eigenvalue weighted by molar-refractivity contribution is -0.385. The van der Waals surface area contributed by atoms with Gasteiger partial charge < -0.3 is 15.2 Å². The first-order valence-electron chi connectivity index (χ1n) is 7.08. The molecule has 1 unspecified atom stereocenters. The standard InChI is InChI=1S/C15H20N2O6/c1-9(2)11-5-4-10(8-13(11)17(21)22)14(18)16-12(15(19)20)6-7-23-3/h4-5,8-9,12H,6-7H2,1-3H3,(H,16,18)(H,19,20). The van der Waals surface area contributed by atoms with Crippen molar-refractivity contribution in [1.82, 2.24) is 5.32 Å². The Morgan fingerprint density at radius 2 is 2.04 bits per heavy atom. The number of methoxy groups -OCH3 is 1. The zero-order valence-corrected chi connectivity index (χ0v) is 13.2. The van der Waals surface area contributed by atoms with E-state index in [1.54, 1.807) is 0 Å². The highest BCUT2D eigenvalue weighted by molar-refractivity contribution is 5.97. The van der Waals surface area contributed by atoms with Gasteiger partial charge in [0.05, 0.1) is 4.92 Å².